The predicted octanol–water partition coefficient (Wildman–Crippen LogP) is 6.26. The molecule has 0 radical (unpaired) electrons. The molecule has 0 aromatic heterocycles. The first-order valence-electron chi connectivity index (χ1n) is 10.6. The van der Waals surface area contributed by atoms with Crippen LogP contribution >= 0.6 is 11.8 Å². The standard InChI is InChI=1S/C26H25NO4S/c1-4-17(2)31-22-13-12-18(14-23(22)30-3)15-24-25(28)27(26(29)32-24)16-20-10-7-9-19-8-5-6-11-21(19)20/h5-15,17H,4,16H2,1-3H3/b24-15-. The van der Waals surface area contributed by atoms with E-state index in [9.17, 15) is 9.59 Å². The summed E-state index contributed by atoms with van der Waals surface area (Å²) in [5.41, 5.74) is 1.72. The van der Waals surface area contributed by atoms with Gasteiger partial charge in [0.2, 0.25) is 0 Å². The highest BCUT2D eigenvalue weighted by Gasteiger charge is 2.35. The van der Waals surface area contributed by atoms with Crippen LogP contribution in [0.5, 0.6) is 11.5 Å². The van der Waals surface area contributed by atoms with Gasteiger partial charge in [-0.05, 0) is 65.2 Å². The smallest absolute Gasteiger partial charge is 0.293 e. The summed E-state index contributed by atoms with van der Waals surface area (Å²) in [5, 5.41) is 1.86. The summed E-state index contributed by atoms with van der Waals surface area (Å²) in [6, 6.07) is 19.4. The minimum atomic E-state index is -0.285. The highest BCUT2D eigenvalue weighted by molar-refractivity contribution is 8.18. The van der Waals surface area contributed by atoms with Gasteiger partial charge in [0.25, 0.3) is 11.1 Å². The average molecular weight is 448 g/mol. The second kappa shape index (κ2) is 9.49. The fourth-order valence-electron chi connectivity index (χ4n) is 3.56. The molecule has 1 fully saturated rings. The molecule has 0 saturated carbocycles. The van der Waals surface area contributed by atoms with E-state index in [0.29, 0.717) is 16.4 Å². The van der Waals surface area contributed by atoms with Crippen molar-refractivity contribution in [1.82, 2.24) is 4.90 Å². The number of benzene rings is 3. The molecule has 2 amide bonds. The third kappa shape index (κ3) is 4.50. The summed E-state index contributed by atoms with van der Waals surface area (Å²) in [4.78, 5) is 27.4. The van der Waals surface area contributed by atoms with Crippen LogP contribution in [0.25, 0.3) is 16.8 Å². The van der Waals surface area contributed by atoms with Gasteiger partial charge >= 0.3 is 0 Å². The Morgan fingerprint density at radius 1 is 1.03 bits per heavy atom. The van der Waals surface area contributed by atoms with Gasteiger partial charge in [-0.25, -0.2) is 0 Å². The Labute approximate surface area is 192 Å². The highest BCUT2D eigenvalue weighted by atomic mass is 32.2. The van der Waals surface area contributed by atoms with Crippen LogP contribution in [0.1, 0.15) is 31.4 Å². The van der Waals surface area contributed by atoms with Crippen molar-refractivity contribution < 1.29 is 19.1 Å². The zero-order valence-electron chi connectivity index (χ0n) is 18.3. The number of methoxy groups -OCH3 is 1. The Bertz CT molecular complexity index is 1200. The minimum absolute atomic E-state index is 0.0697. The number of hydrogen-bond acceptors (Lipinski definition) is 5. The lowest BCUT2D eigenvalue weighted by Gasteiger charge is -2.16. The summed E-state index contributed by atoms with van der Waals surface area (Å²) >= 11 is 0.960. The number of fused-ring (bicyclic) bond motifs is 1. The van der Waals surface area contributed by atoms with Crippen LogP contribution in [-0.4, -0.2) is 29.3 Å². The van der Waals surface area contributed by atoms with Gasteiger partial charge in [-0.1, -0.05) is 55.5 Å². The molecule has 164 valence electrons. The number of carbonyl (C=O) groups excluding carboxylic acids is 2. The first-order valence-corrected chi connectivity index (χ1v) is 11.4. The lowest BCUT2D eigenvalue weighted by molar-refractivity contribution is -0.123. The van der Waals surface area contributed by atoms with Crippen LogP contribution in [0.3, 0.4) is 0 Å². The second-order valence-electron chi connectivity index (χ2n) is 7.65. The first-order chi connectivity index (χ1) is 15.5. The van der Waals surface area contributed by atoms with Crippen molar-refractivity contribution in [2.75, 3.05) is 7.11 Å². The van der Waals surface area contributed by atoms with Gasteiger partial charge in [-0.2, -0.15) is 0 Å². The Hall–Kier alpha value is -3.25. The van der Waals surface area contributed by atoms with Gasteiger partial charge in [-0.3, -0.25) is 14.5 Å². The van der Waals surface area contributed by atoms with E-state index < -0.39 is 0 Å². The Morgan fingerprint density at radius 3 is 2.59 bits per heavy atom. The van der Waals surface area contributed by atoms with Gasteiger partial charge in [0.15, 0.2) is 11.5 Å². The van der Waals surface area contributed by atoms with Crippen molar-refractivity contribution in [3.63, 3.8) is 0 Å². The lowest BCUT2D eigenvalue weighted by atomic mass is 10.0. The van der Waals surface area contributed by atoms with Crippen molar-refractivity contribution in [1.29, 1.82) is 0 Å². The van der Waals surface area contributed by atoms with Crippen LogP contribution in [0.15, 0.2) is 65.6 Å². The molecule has 0 N–H and O–H groups in total. The fourth-order valence-corrected chi connectivity index (χ4v) is 4.40. The maximum absolute atomic E-state index is 13.0. The van der Waals surface area contributed by atoms with E-state index in [1.165, 1.54) is 4.90 Å². The van der Waals surface area contributed by atoms with Crippen LogP contribution in [0.4, 0.5) is 4.79 Å². The molecule has 0 bridgehead atoms. The zero-order chi connectivity index (χ0) is 22.7. The predicted molar refractivity (Wildman–Crippen MR) is 129 cm³/mol. The van der Waals surface area contributed by atoms with Crippen molar-refractivity contribution in [2.45, 2.75) is 32.9 Å². The Morgan fingerprint density at radius 2 is 1.81 bits per heavy atom. The van der Waals surface area contributed by atoms with Crippen molar-refractivity contribution in [3.05, 3.63) is 76.7 Å². The van der Waals surface area contributed by atoms with E-state index in [1.807, 2.05) is 67.6 Å². The summed E-state index contributed by atoms with van der Waals surface area (Å²) in [6.07, 6.45) is 2.68. The molecule has 3 aromatic carbocycles. The first kappa shape index (κ1) is 22.0. The lowest BCUT2D eigenvalue weighted by Crippen LogP contribution is -2.27. The highest BCUT2D eigenvalue weighted by Crippen LogP contribution is 2.36. The summed E-state index contributed by atoms with van der Waals surface area (Å²) in [7, 11) is 1.58. The number of ether oxygens (including phenoxy) is 2. The van der Waals surface area contributed by atoms with E-state index in [-0.39, 0.29) is 23.8 Å². The molecule has 0 aliphatic carbocycles. The molecule has 4 rings (SSSR count). The minimum Gasteiger partial charge on any atom is -0.493 e. The molecule has 1 aliphatic rings. The topological polar surface area (TPSA) is 55.8 Å². The summed E-state index contributed by atoms with van der Waals surface area (Å²) in [5.74, 6) is 0.962. The van der Waals surface area contributed by atoms with Crippen molar-refractivity contribution in [2.24, 2.45) is 0 Å². The van der Waals surface area contributed by atoms with Gasteiger partial charge in [0.05, 0.1) is 24.7 Å². The number of amides is 2. The maximum atomic E-state index is 13.0. The van der Waals surface area contributed by atoms with E-state index in [0.717, 1.165) is 40.1 Å². The van der Waals surface area contributed by atoms with Crippen LogP contribution < -0.4 is 9.47 Å². The van der Waals surface area contributed by atoms with Gasteiger partial charge < -0.3 is 9.47 Å². The molecule has 1 heterocycles. The molecular weight excluding hydrogens is 422 g/mol. The molecule has 5 nitrogen and oxygen atoms in total. The van der Waals surface area contributed by atoms with E-state index >= 15 is 0 Å². The largest absolute Gasteiger partial charge is 0.493 e. The van der Waals surface area contributed by atoms with Gasteiger partial charge in [0.1, 0.15) is 0 Å². The normalized spacial score (nSPS) is 16.1. The molecule has 0 spiro atoms. The Kier molecular flexibility index (Phi) is 6.51. The van der Waals surface area contributed by atoms with E-state index in [4.69, 9.17) is 9.47 Å². The number of hydrogen-bond donors (Lipinski definition) is 0. The second-order valence-corrected chi connectivity index (χ2v) is 8.65. The van der Waals surface area contributed by atoms with Crippen molar-refractivity contribution >= 4 is 39.8 Å². The molecule has 3 aromatic rings. The zero-order valence-corrected chi connectivity index (χ0v) is 19.1. The molecule has 1 atom stereocenters. The summed E-state index contributed by atoms with van der Waals surface area (Å²) in [6.45, 7) is 4.30. The third-order valence-electron chi connectivity index (χ3n) is 5.47. The number of rotatable bonds is 7. The Balaban J connectivity index is 1.57. The SMILES string of the molecule is CCC(C)Oc1ccc(/C=C2\SC(=O)N(Cc3cccc4ccccc34)C2=O)cc1OC. The number of imide groups is 1. The third-order valence-corrected chi connectivity index (χ3v) is 6.38. The number of carbonyl (C=O) groups is 2. The van der Waals surface area contributed by atoms with E-state index in [1.54, 1.807) is 13.2 Å². The van der Waals surface area contributed by atoms with Crippen LogP contribution in [-0.2, 0) is 11.3 Å². The monoisotopic (exact) mass is 447 g/mol. The van der Waals surface area contributed by atoms with Gasteiger partial charge in [0, 0.05) is 0 Å². The van der Waals surface area contributed by atoms with Gasteiger partial charge in [-0.15, -0.1) is 0 Å². The number of thioether (sulfide) groups is 1. The molecular formula is C26H25NO4S. The molecule has 6 heteroatoms. The molecule has 32 heavy (non-hydrogen) atoms. The average Bonchev–Trinajstić information content (AvgIpc) is 3.07. The molecule has 1 saturated heterocycles. The number of nitrogens with zero attached hydrogens (tertiary/aromatic N) is 1. The van der Waals surface area contributed by atoms with E-state index in [2.05, 4.69) is 6.92 Å². The maximum Gasteiger partial charge on any atom is 0.293 e. The quantitative estimate of drug-likeness (QED) is 0.400. The van der Waals surface area contributed by atoms with Crippen molar-refractivity contribution in [3.8, 4) is 11.5 Å². The molecule has 1 aliphatic heterocycles. The fraction of sp³-hybridized carbons (Fsp3) is 0.231. The summed E-state index contributed by atoms with van der Waals surface area (Å²) < 4.78 is 11.3. The van der Waals surface area contributed by atoms with Crippen LogP contribution in [0, 0.1) is 0 Å². The molecule has 1 unspecified atom stereocenters. The van der Waals surface area contributed by atoms with Crippen LogP contribution in [0.2, 0.25) is 0 Å².